The maximum Gasteiger partial charge on any atom is 0.240 e. The summed E-state index contributed by atoms with van der Waals surface area (Å²) in [5, 5.41) is 0. The first-order valence-corrected chi connectivity index (χ1v) is 7.94. The van der Waals surface area contributed by atoms with Gasteiger partial charge in [-0.1, -0.05) is 30.3 Å². The monoisotopic (exact) mass is 269 g/mol. The highest BCUT2D eigenvalue weighted by atomic mass is 32.3. The van der Waals surface area contributed by atoms with Gasteiger partial charge in [-0.15, -0.1) is 11.8 Å². The van der Waals surface area contributed by atoms with E-state index >= 15 is 0 Å². The van der Waals surface area contributed by atoms with E-state index in [-0.39, 0.29) is 11.7 Å². The van der Waals surface area contributed by atoms with Crippen LogP contribution in [0.2, 0.25) is 0 Å². The molecule has 6 heteroatoms. The first kappa shape index (κ1) is 11.1. The Hall–Kier alpha value is -1.01. The minimum absolute atomic E-state index is 0.279. The average molecular weight is 269 g/mol. The van der Waals surface area contributed by atoms with Gasteiger partial charge in [0.2, 0.25) is 10.1 Å². The molecule has 90 valence electrons. The van der Waals surface area contributed by atoms with E-state index in [1.54, 1.807) is 24.3 Å². The topological polar surface area (TPSA) is 54.5 Å². The summed E-state index contributed by atoms with van der Waals surface area (Å²) in [7, 11) is -3.45. The van der Waals surface area contributed by atoms with Gasteiger partial charge in [-0.05, 0) is 0 Å². The van der Waals surface area contributed by atoms with Crippen molar-refractivity contribution in [3.05, 3.63) is 35.9 Å². The molecular formula is C11H11NO3S2. The highest BCUT2D eigenvalue weighted by molar-refractivity contribution is 8.14. The third-order valence-electron chi connectivity index (χ3n) is 3.14. The molecular weight excluding hydrogens is 258 g/mol. The Morgan fingerprint density at radius 3 is 2.65 bits per heavy atom. The summed E-state index contributed by atoms with van der Waals surface area (Å²) in [6, 6.07) is 9.01. The van der Waals surface area contributed by atoms with E-state index in [0.29, 0.717) is 17.9 Å². The van der Waals surface area contributed by atoms with E-state index in [1.165, 1.54) is 16.7 Å². The molecule has 0 N–H and O–H groups in total. The van der Waals surface area contributed by atoms with Gasteiger partial charge >= 0.3 is 0 Å². The normalized spacial score (nSPS) is 30.6. The maximum absolute atomic E-state index is 12.3. The second-order valence-corrected chi connectivity index (χ2v) is 7.76. The number of amides is 1. The Morgan fingerprint density at radius 1 is 1.24 bits per heavy atom. The minimum atomic E-state index is -3.45. The smallest absolute Gasteiger partial charge is 0.240 e. The van der Waals surface area contributed by atoms with Crippen molar-refractivity contribution in [2.24, 2.45) is 0 Å². The van der Waals surface area contributed by atoms with E-state index in [4.69, 9.17) is 0 Å². The molecule has 0 radical (unpaired) electrons. The van der Waals surface area contributed by atoms with Crippen molar-refractivity contribution < 1.29 is 13.2 Å². The Balaban J connectivity index is 2.26. The van der Waals surface area contributed by atoms with Crippen LogP contribution >= 0.6 is 11.8 Å². The SMILES string of the molecule is O=C1CS(=O)(=O)C2(c3ccccc3)SCCN12. The first-order chi connectivity index (χ1) is 8.08. The Kier molecular flexibility index (Phi) is 2.28. The number of hydrogen-bond acceptors (Lipinski definition) is 4. The number of nitrogens with zero attached hydrogens (tertiary/aromatic N) is 1. The number of benzene rings is 1. The predicted octanol–water partition coefficient (Wildman–Crippen LogP) is 0.801. The van der Waals surface area contributed by atoms with Gasteiger partial charge in [0.25, 0.3) is 0 Å². The van der Waals surface area contributed by atoms with Crippen LogP contribution in [0.3, 0.4) is 0 Å². The number of fused-ring (bicyclic) bond motifs is 1. The first-order valence-electron chi connectivity index (χ1n) is 5.30. The Bertz CT molecular complexity index is 570. The molecule has 0 aromatic heterocycles. The van der Waals surface area contributed by atoms with Crippen molar-refractivity contribution in [2.75, 3.05) is 18.1 Å². The van der Waals surface area contributed by atoms with Crippen LogP contribution in [0.1, 0.15) is 5.56 Å². The number of carbonyl (C=O) groups is 1. The van der Waals surface area contributed by atoms with Crippen LogP contribution in [0, 0.1) is 0 Å². The van der Waals surface area contributed by atoms with Crippen molar-refractivity contribution in [3.8, 4) is 0 Å². The second kappa shape index (κ2) is 3.49. The summed E-state index contributed by atoms with van der Waals surface area (Å²) in [5.74, 6) is 0.0215. The summed E-state index contributed by atoms with van der Waals surface area (Å²) in [5.41, 5.74) is 0.688. The standard InChI is InChI=1S/C11H11NO3S2/c13-10-8-17(14,15)11(12(10)6-7-16-11)9-4-2-1-3-5-9/h1-5H,6-8H2. The zero-order valence-corrected chi connectivity index (χ0v) is 10.6. The largest absolute Gasteiger partial charge is 0.309 e. The molecule has 2 heterocycles. The third-order valence-corrected chi connectivity index (χ3v) is 7.42. The molecule has 1 aromatic rings. The molecule has 1 amide bonds. The highest BCUT2D eigenvalue weighted by Gasteiger charge is 2.61. The lowest BCUT2D eigenvalue weighted by molar-refractivity contribution is -0.128. The van der Waals surface area contributed by atoms with E-state index in [9.17, 15) is 13.2 Å². The molecule has 3 rings (SSSR count). The van der Waals surface area contributed by atoms with Gasteiger partial charge in [0.1, 0.15) is 5.75 Å². The van der Waals surface area contributed by atoms with Gasteiger partial charge < -0.3 is 4.90 Å². The van der Waals surface area contributed by atoms with Gasteiger partial charge in [-0.3, -0.25) is 4.79 Å². The molecule has 0 bridgehead atoms. The fraction of sp³-hybridized carbons (Fsp3) is 0.364. The molecule has 2 fully saturated rings. The van der Waals surface area contributed by atoms with Crippen molar-refractivity contribution in [3.63, 3.8) is 0 Å². The second-order valence-electron chi connectivity index (χ2n) is 4.10. The Labute approximate surface area is 104 Å². The van der Waals surface area contributed by atoms with Crippen LogP contribution < -0.4 is 0 Å². The van der Waals surface area contributed by atoms with Gasteiger partial charge in [0.05, 0.1) is 0 Å². The van der Waals surface area contributed by atoms with Gasteiger partial charge in [0.15, 0.2) is 9.84 Å². The zero-order valence-electron chi connectivity index (χ0n) is 9.00. The van der Waals surface area contributed by atoms with Crippen molar-refractivity contribution in [1.29, 1.82) is 0 Å². The number of sulfone groups is 1. The third kappa shape index (κ3) is 1.31. The van der Waals surface area contributed by atoms with Crippen LogP contribution in [0.4, 0.5) is 0 Å². The summed E-state index contributed by atoms with van der Waals surface area (Å²) in [6.07, 6.45) is 0. The van der Waals surface area contributed by atoms with Crippen LogP contribution in [-0.2, 0) is 18.8 Å². The zero-order chi connectivity index (χ0) is 12.1. The summed E-state index contributed by atoms with van der Waals surface area (Å²) >= 11 is 1.34. The van der Waals surface area contributed by atoms with Crippen LogP contribution in [0.25, 0.3) is 0 Å². The number of thioether (sulfide) groups is 1. The molecule has 1 atom stereocenters. The van der Waals surface area contributed by atoms with Crippen LogP contribution in [0.15, 0.2) is 30.3 Å². The molecule has 2 saturated heterocycles. The van der Waals surface area contributed by atoms with E-state index < -0.39 is 14.0 Å². The molecule has 1 aromatic carbocycles. The average Bonchev–Trinajstić information content (AvgIpc) is 2.81. The number of rotatable bonds is 1. The lowest BCUT2D eigenvalue weighted by Crippen LogP contribution is -2.39. The molecule has 0 saturated carbocycles. The van der Waals surface area contributed by atoms with Gasteiger partial charge in [0, 0.05) is 17.9 Å². The lowest BCUT2D eigenvalue weighted by atomic mass is 10.2. The van der Waals surface area contributed by atoms with Crippen LogP contribution in [-0.4, -0.2) is 37.3 Å². The molecule has 4 nitrogen and oxygen atoms in total. The van der Waals surface area contributed by atoms with Crippen molar-refractivity contribution in [1.82, 2.24) is 4.90 Å². The van der Waals surface area contributed by atoms with E-state index in [0.717, 1.165) is 0 Å². The van der Waals surface area contributed by atoms with Gasteiger partial charge in [-0.2, -0.15) is 0 Å². The molecule has 0 spiro atoms. The number of carbonyl (C=O) groups excluding carboxylic acids is 1. The molecule has 17 heavy (non-hydrogen) atoms. The number of hydrogen-bond donors (Lipinski definition) is 0. The van der Waals surface area contributed by atoms with Crippen molar-refractivity contribution >= 4 is 27.5 Å². The molecule has 2 aliphatic rings. The Morgan fingerprint density at radius 2 is 1.94 bits per heavy atom. The van der Waals surface area contributed by atoms with Crippen molar-refractivity contribution in [2.45, 2.75) is 4.20 Å². The predicted molar refractivity (Wildman–Crippen MR) is 66.1 cm³/mol. The summed E-state index contributed by atoms with van der Waals surface area (Å²) in [4.78, 5) is 13.3. The lowest BCUT2D eigenvalue weighted by Gasteiger charge is -2.29. The van der Waals surface area contributed by atoms with Crippen LogP contribution in [0.5, 0.6) is 0 Å². The fourth-order valence-electron chi connectivity index (χ4n) is 2.45. The minimum Gasteiger partial charge on any atom is -0.309 e. The quantitative estimate of drug-likeness (QED) is 0.757. The van der Waals surface area contributed by atoms with E-state index in [2.05, 4.69) is 0 Å². The summed E-state index contributed by atoms with van der Waals surface area (Å²) in [6.45, 7) is 0.512. The summed E-state index contributed by atoms with van der Waals surface area (Å²) < 4.78 is 23.4. The maximum atomic E-state index is 12.3. The van der Waals surface area contributed by atoms with Gasteiger partial charge in [-0.25, -0.2) is 8.42 Å². The molecule has 0 aliphatic carbocycles. The fourth-order valence-corrected chi connectivity index (χ4v) is 6.50. The molecule has 2 aliphatic heterocycles. The molecule has 1 unspecified atom stereocenters. The highest BCUT2D eigenvalue weighted by Crippen LogP contribution is 2.52. The van der Waals surface area contributed by atoms with E-state index in [1.807, 2.05) is 6.07 Å².